The molecule has 1 N–H and O–H groups in total. The molecule has 7 nitrogen and oxygen atoms in total. The summed E-state index contributed by atoms with van der Waals surface area (Å²) in [6.45, 7) is 0.310. The van der Waals surface area contributed by atoms with Gasteiger partial charge in [-0.2, -0.15) is 0 Å². The van der Waals surface area contributed by atoms with Crippen LogP contribution >= 0.6 is 11.3 Å². The van der Waals surface area contributed by atoms with Crippen LogP contribution in [0, 0.1) is 0 Å². The molecule has 3 rings (SSSR count). The molecule has 0 fully saturated rings. The number of carbonyl (C=O) groups excluding carboxylic acids is 1. The summed E-state index contributed by atoms with van der Waals surface area (Å²) in [5, 5.41) is 9.56. The van der Waals surface area contributed by atoms with Crippen LogP contribution in [-0.2, 0) is 11.3 Å². The van der Waals surface area contributed by atoms with Crippen LogP contribution in [0.1, 0.15) is 36.2 Å². The number of aromatic carboxylic acids is 1. The number of methoxy groups -OCH3 is 2. The summed E-state index contributed by atoms with van der Waals surface area (Å²) in [7, 11) is 2.90. The fourth-order valence-electron chi connectivity index (χ4n) is 2.55. The van der Waals surface area contributed by atoms with Crippen molar-refractivity contribution < 1.29 is 28.9 Å². The molecule has 0 saturated carbocycles. The average molecular weight is 425 g/mol. The molecule has 0 bridgehead atoms. The fourth-order valence-corrected chi connectivity index (χ4v) is 3.21. The Morgan fingerprint density at radius 3 is 2.47 bits per heavy atom. The van der Waals surface area contributed by atoms with Crippen LogP contribution in [-0.4, -0.2) is 36.2 Å². The molecular weight excluding hydrogens is 406 g/mol. The molecule has 2 aromatic carbocycles. The predicted molar refractivity (Wildman–Crippen MR) is 113 cm³/mol. The maximum atomic E-state index is 11.5. The molecule has 1 aromatic heterocycles. The monoisotopic (exact) mass is 425 g/mol. The Morgan fingerprint density at radius 1 is 1.07 bits per heavy atom. The first kappa shape index (κ1) is 21.1. The van der Waals surface area contributed by atoms with Gasteiger partial charge < -0.3 is 19.3 Å². The summed E-state index contributed by atoms with van der Waals surface area (Å²) in [6.07, 6.45) is 4.90. The minimum Gasteiger partial charge on any atom is -0.493 e. The van der Waals surface area contributed by atoms with Crippen molar-refractivity contribution >= 4 is 35.4 Å². The summed E-state index contributed by atoms with van der Waals surface area (Å²) >= 11 is 1.10. The molecule has 3 aromatic rings. The van der Waals surface area contributed by atoms with Crippen LogP contribution in [0.4, 0.5) is 0 Å². The summed E-state index contributed by atoms with van der Waals surface area (Å²) in [5.74, 6) is -0.234. The van der Waals surface area contributed by atoms with Crippen molar-refractivity contribution in [2.45, 2.75) is 6.61 Å². The Morgan fingerprint density at radius 2 is 1.83 bits per heavy atom. The normalized spacial score (nSPS) is 10.7. The van der Waals surface area contributed by atoms with Crippen LogP contribution < -0.4 is 9.47 Å². The lowest BCUT2D eigenvalue weighted by Gasteiger charge is -2.11. The molecule has 0 atom stereocenters. The number of carbonyl (C=O) groups is 2. The van der Waals surface area contributed by atoms with Gasteiger partial charge in [-0.05, 0) is 41.5 Å². The van der Waals surface area contributed by atoms with E-state index in [0.717, 1.165) is 22.5 Å². The van der Waals surface area contributed by atoms with Crippen molar-refractivity contribution in [1.82, 2.24) is 4.98 Å². The van der Waals surface area contributed by atoms with Gasteiger partial charge in [0.1, 0.15) is 16.5 Å². The van der Waals surface area contributed by atoms with Crippen molar-refractivity contribution in [1.29, 1.82) is 0 Å². The molecule has 154 valence electrons. The zero-order valence-corrected chi connectivity index (χ0v) is 17.1. The van der Waals surface area contributed by atoms with E-state index in [1.807, 2.05) is 18.2 Å². The number of rotatable bonds is 8. The average Bonchev–Trinajstić information content (AvgIpc) is 3.26. The van der Waals surface area contributed by atoms with Gasteiger partial charge in [0.25, 0.3) is 0 Å². The van der Waals surface area contributed by atoms with E-state index in [-0.39, 0.29) is 10.8 Å². The van der Waals surface area contributed by atoms with Crippen molar-refractivity contribution in [3.63, 3.8) is 0 Å². The summed E-state index contributed by atoms with van der Waals surface area (Å²) in [6, 6.07) is 12.4. The van der Waals surface area contributed by atoms with Crippen molar-refractivity contribution in [3.8, 4) is 11.5 Å². The van der Waals surface area contributed by atoms with E-state index < -0.39 is 5.97 Å². The topological polar surface area (TPSA) is 95.0 Å². The van der Waals surface area contributed by atoms with Gasteiger partial charge in [-0.15, -0.1) is 11.3 Å². The molecule has 0 unspecified atom stereocenters. The molecule has 0 saturated heterocycles. The van der Waals surface area contributed by atoms with Crippen LogP contribution in [0.25, 0.3) is 12.2 Å². The van der Waals surface area contributed by atoms with Gasteiger partial charge in [0, 0.05) is 0 Å². The van der Waals surface area contributed by atoms with E-state index in [1.54, 1.807) is 43.5 Å². The van der Waals surface area contributed by atoms with Crippen LogP contribution in [0.3, 0.4) is 0 Å². The largest absolute Gasteiger partial charge is 0.493 e. The third-order valence-corrected chi connectivity index (χ3v) is 5.06. The number of carboxylic acids is 1. The molecule has 0 spiro atoms. The number of hydrogen-bond acceptors (Lipinski definition) is 7. The van der Waals surface area contributed by atoms with Crippen molar-refractivity contribution in [2.24, 2.45) is 0 Å². The molecule has 30 heavy (non-hydrogen) atoms. The highest BCUT2D eigenvalue weighted by molar-refractivity contribution is 7.14. The second-order valence-corrected chi connectivity index (χ2v) is 7.15. The molecule has 0 aliphatic heterocycles. The second kappa shape index (κ2) is 9.71. The number of thiazole rings is 1. The van der Waals surface area contributed by atoms with Crippen molar-refractivity contribution in [2.75, 3.05) is 14.2 Å². The van der Waals surface area contributed by atoms with Gasteiger partial charge in [0.05, 0.1) is 26.0 Å². The van der Waals surface area contributed by atoms with E-state index in [9.17, 15) is 9.59 Å². The SMILES string of the molecule is COC(=O)c1ccc(COc2ccc(/C=C/c3ncc(C(=O)O)s3)cc2OC)cc1. The molecule has 0 aliphatic carbocycles. The van der Waals surface area contributed by atoms with Crippen molar-refractivity contribution in [3.05, 3.63) is 75.2 Å². The number of hydrogen-bond donors (Lipinski definition) is 1. The highest BCUT2D eigenvalue weighted by Crippen LogP contribution is 2.30. The molecule has 0 radical (unpaired) electrons. The molecule has 1 heterocycles. The van der Waals surface area contributed by atoms with Crippen LogP contribution in [0.2, 0.25) is 0 Å². The van der Waals surface area contributed by atoms with Crippen LogP contribution in [0.15, 0.2) is 48.7 Å². The Hall–Kier alpha value is -3.65. The van der Waals surface area contributed by atoms with E-state index in [1.165, 1.54) is 13.3 Å². The lowest BCUT2D eigenvalue weighted by atomic mass is 10.1. The Labute approximate surface area is 177 Å². The highest BCUT2D eigenvalue weighted by Gasteiger charge is 2.09. The van der Waals surface area contributed by atoms with Gasteiger partial charge in [-0.1, -0.05) is 24.3 Å². The maximum absolute atomic E-state index is 11.5. The number of aromatic nitrogens is 1. The van der Waals surface area contributed by atoms with E-state index in [0.29, 0.717) is 28.7 Å². The van der Waals surface area contributed by atoms with E-state index in [2.05, 4.69) is 9.72 Å². The molecule has 8 heteroatoms. The first-order valence-electron chi connectivity index (χ1n) is 8.85. The van der Waals surface area contributed by atoms with Gasteiger partial charge in [0.15, 0.2) is 11.5 Å². The summed E-state index contributed by atoms with van der Waals surface area (Å²) < 4.78 is 15.9. The minimum atomic E-state index is -0.991. The first-order chi connectivity index (χ1) is 14.5. The fraction of sp³-hybridized carbons (Fsp3) is 0.136. The minimum absolute atomic E-state index is 0.190. The standard InChI is InChI=1S/C22H19NO6S/c1-27-18-11-14(6-10-20-23-12-19(30-20)21(24)25)5-9-17(18)29-13-15-3-7-16(8-4-15)22(26)28-2/h3-12H,13H2,1-2H3,(H,24,25)/b10-6+. The quantitative estimate of drug-likeness (QED) is 0.535. The number of carboxylic acid groups (broad SMARTS) is 1. The lowest BCUT2D eigenvalue weighted by Crippen LogP contribution is -2.02. The van der Waals surface area contributed by atoms with Gasteiger partial charge in [-0.25, -0.2) is 14.6 Å². The summed E-state index contributed by atoms with van der Waals surface area (Å²) in [4.78, 5) is 26.7. The summed E-state index contributed by atoms with van der Waals surface area (Å²) in [5.41, 5.74) is 2.23. The van der Waals surface area contributed by atoms with Gasteiger partial charge in [0.2, 0.25) is 0 Å². The number of nitrogens with zero attached hydrogens (tertiary/aromatic N) is 1. The van der Waals surface area contributed by atoms with E-state index in [4.69, 9.17) is 14.6 Å². The smallest absolute Gasteiger partial charge is 0.347 e. The second-order valence-electron chi connectivity index (χ2n) is 6.09. The Bertz CT molecular complexity index is 1070. The predicted octanol–water partition coefficient (Wildman–Crippen LogP) is 4.39. The lowest BCUT2D eigenvalue weighted by molar-refractivity contribution is 0.0599. The first-order valence-corrected chi connectivity index (χ1v) is 9.67. The third-order valence-electron chi connectivity index (χ3n) is 4.11. The zero-order chi connectivity index (χ0) is 21.5. The Balaban J connectivity index is 1.67. The number of benzene rings is 2. The van der Waals surface area contributed by atoms with Gasteiger partial charge >= 0.3 is 11.9 Å². The highest BCUT2D eigenvalue weighted by atomic mass is 32.1. The molecule has 0 amide bonds. The molecule has 0 aliphatic rings. The maximum Gasteiger partial charge on any atom is 0.347 e. The van der Waals surface area contributed by atoms with Gasteiger partial charge in [-0.3, -0.25) is 0 Å². The number of esters is 1. The third kappa shape index (κ3) is 5.24. The molecular formula is C22H19NO6S. The van der Waals surface area contributed by atoms with E-state index >= 15 is 0 Å². The van der Waals surface area contributed by atoms with Crippen LogP contribution in [0.5, 0.6) is 11.5 Å². The number of ether oxygens (including phenoxy) is 3. The zero-order valence-electron chi connectivity index (χ0n) is 16.3. The Kier molecular flexibility index (Phi) is 6.82.